The van der Waals surface area contributed by atoms with Crippen molar-refractivity contribution in [2.75, 3.05) is 26.4 Å². The monoisotopic (exact) mass is 1430 g/mol. The molecule has 19 nitrogen and oxygen atoms in total. The van der Waals surface area contributed by atoms with E-state index < -0.39 is 124 Å². The minimum atomic E-state index is -1.99. The van der Waals surface area contributed by atoms with Crippen LogP contribution in [0.1, 0.15) is 213 Å². The SMILES string of the molecule is CC/C=C\C/C=C\C/C=C\C/C=C\C/C=C\C/C=C\C/C=C\C/C=C\C/C=C\C/C=C\C/C=C\CCCCCCCCCC(=O)NC(COC1OC(CO)C(OC2OC(CO)C(OC3OC(CO)C(O)C(O)C3O)C(O)C2O)C(O)C1O)C(O)/C=C/CC/C=C/CC/C=C/CCCCCCCC. The molecule has 0 saturated carbocycles. The van der Waals surface area contributed by atoms with Gasteiger partial charge in [-0.1, -0.05) is 248 Å². The van der Waals surface area contributed by atoms with Crippen LogP contribution >= 0.6 is 0 Å². The molecule has 17 atom stereocenters. The van der Waals surface area contributed by atoms with Gasteiger partial charge in [-0.3, -0.25) is 4.79 Å². The van der Waals surface area contributed by atoms with Crippen molar-refractivity contribution in [2.45, 2.75) is 317 Å². The molecule has 1 amide bonds. The van der Waals surface area contributed by atoms with E-state index in [9.17, 15) is 61.0 Å². The molecule has 0 aromatic carbocycles. The fourth-order valence-corrected chi connectivity index (χ4v) is 11.6. The average Bonchev–Trinajstić information content (AvgIpc) is 0.755. The Morgan fingerprint density at radius 3 is 1.10 bits per heavy atom. The molecular formula is C83H133NO18. The van der Waals surface area contributed by atoms with Crippen molar-refractivity contribution < 1.29 is 89.4 Å². The Morgan fingerprint density at radius 2 is 0.686 bits per heavy atom. The van der Waals surface area contributed by atoms with Crippen LogP contribution in [0.4, 0.5) is 0 Å². The normalized spacial score (nSPS) is 27.2. The summed E-state index contributed by atoms with van der Waals surface area (Å²) >= 11 is 0. The minimum absolute atomic E-state index is 0.207. The zero-order chi connectivity index (χ0) is 73.9. The van der Waals surface area contributed by atoms with Gasteiger partial charge in [0.15, 0.2) is 18.9 Å². The molecule has 3 fully saturated rings. The highest BCUT2D eigenvalue weighted by molar-refractivity contribution is 5.76. The summed E-state index contributed by atoms with van der Waals surface area (Å²) in [6.07, 6.45) is 64.8. The molecule has 3 rings (SSSR count). The fourth-order valence-electron chi connectivity index (χ4n) is 11.6. The van der Waals surface area contributed by atoms with E-state index in [1.54, 1.807) is 6.08 Å². The lowest BCUT2D eigenvalue weighted by Gasteiger charge is -2.48. The van der Waals surface area contributed by atoms with Crippen molar-refractivity contribution in [1.29, 1.82) is 0 Å². The first-order valence-corrected chi connectivity index (χ1v) is 38.4. The third kappa shape index (κ3) is 41.2. The molecule has 3 aliphatic heterocycles. The van der Waals surface area contributed by atoms with Crippen LogP contribution in [-0.2, 0) is 33.2 Å². The van der Waals surface area contributed by atoms with Gasteiger partial charge in [-0.05, 0) is 128 Å². The van der Waals surface area contributed by atoms with Crippen LogP contribution < -0.4 is 5.32 Å². The number of hydrogen-bond donors (Lipinski definition) is 12. The molecule has 0 aliphatic carbocycles. The molecule has 3 aliphatic rings. The second kappa shape index (κ2) is 61.3. The van der Waals surface area contributed by atoms with Crippen molar-refractivity contribution in [3.63, 3.8) is 0 Å². The number of carbonyl (C=O) groups excluding carboxylic acids is 1. The van der Waals surface area contributed by atoms with Crippen molar-refractivity contribution >= 4 is 5.91 Å². The number of aliphatic hydroxyl groups is 11. The minimum Gasteiger partial charge on any atom is -0.394 e. The number of rotatable bonds is 57. The van der Waals surface area contributed by atoms with E-state index in [2.05, 4.69) is 177 Å². The second-order valence-electron chi connectivity index (χ2n) is 26.4. The van der Waals surface area contributed by atoms with Crippen molar-refractivity contribution in [2.24, 2.45) is 0 Å². The Bertz CT molecular complexity index is 2510. The third-order valence-corrected chi connectivity index (χ3v) is 17.7. The van der Waals surface area contributed by atoms with E-state index in [0.717, 1.165) is 141 Å². The predicted octanol–water partition coefficient (Wildman–Crippen LogP) is 12.2. The van der Waals surface area contributed by atoms with E-state index in [-0.39, 0.29) is 18.9 Å². The Balaban J connectivity index is 1.36. The largest absolute Gasteiger partial charge is 0.394 e. The highest BCUT2D eigenvalue weighted by atomic mass is 16.8. The Hall–Kier alpha value is -4.85. The van der Waals surface area contributed by atoms with Crippen LogP contribution in [0.2, 0.25) is 0 Å². The Kier molecular flexibility index (Phi) is 54.9. The second-order valence-corrected chi connectivity index (χ2v) is 26.4. The highest BCUT2D eigenvalue weighted by Crippen LogP contribution is 2.33. The van der Waals surface area contributed by atoms with Gasteiger partial charge in [0.1, 0.15) is 73.2 Å². The van der Waals surface area contributed by atoms with Gasteiger partial charge in [0.2, 0.25) is 5.91 Å². The smallest absolute Gasteiger partial charge is 0.220 e. The molecule has 578 valence electrons. The van der Waals surface area contributed by atoms with Crippen LogP contribution in [0.5, 0.6) is 0 Å². The van der Waals surface area contributed by atoms with Crippen LogP contribution in [0.25, 0.3) is 0 Å². The van der Waals surface area contributed by atoms with Gasteiger partial charge in [0.05, 0.1) is 38.6 Å². The van der Waals surface area contributed by atoms with Crippen molar-refractivity contribution in [1.82, 2.24) is 5.32 Å². The molecular weight excluding hydrogens is 1300 g/mol. The molecule has 0 aromatic heterocycles. The van der Waals surface area contributed by atoms with E-state index in [1.807, 2.05) is 6.08 Å². The molecule has 0 bridgehead atoms. The van der Waals surface area contributed by atoms with Crippen molar-refractivity contribution in [3.05, 3.63) is 170 Å². The van der Waals surface area contributed by atoms with E-state index >= 15 is 0 Å². The maximum Gasteiger partial charge on any atom is 0.220 e. The lowest BCUT2D eigenvalue weighted by molar-refractivity contribution is -0.379. The summed E-state index contributed by atoms with van der Waals surface area (Å²) in [6.45, 7) is 1.54. The third-order valence-electron chi connectivity index (χ3n) is 17.7. The van der Waals surface area contributed by atoms with E-state index in [0.29, 0.717) is 12.8 Å². The number of nitrogens with one attached hydrogen (secondary N) is 1. The first kappa shape index (κ1) is 91.4. The topological polar surface area (TPSA) is 307 Å². The zero-order valence-electron chi connectivity index (χ0n) is 61.5. The lowest BCUT2D eigenvalue weighted by atomic mass is 9.96. The maximum atomic E-state index is 13.4. The maximum absolute atomic E-state index is 13.4. The van der Waals surface area contributed by atoms with Crippen LogP contribution in [0, 0.1) is 0 Å². The molecule has 12 N–H and O–H groups in total. The molecule has 3 saturated heterocycles. The van der Waals surface area contributed by atoms with Gasteiger partial charge in [0, 0.05) is 6.42 Å². The molecule has 102 heavy (non-hydrogen) atoms. The molecule has 17 unspecified atom stereocenters. The standard InChI is InChI=1S/C83H133NO18/c1-3-5-7-9-11-13-15-17-19-21-22-23-24-25-26-27-28-29-30-31-32-33-34-35-36-37-38-39-40-41-42-43-44-45-47-49-51-53-55-57-59-61-71(89)84-66(67(88)60-58-56-54-52-50-48-46-20-18-16-14-12-10-8-6-4-2)65-97-81-77(95)74(92)79(69(63-86)99-81)102-83-78(96)75(93)80(70(64-87)100-83)101-82-76(94)73(91)72(90)68(62-85)98-82/h5,7,11,13,17-20,22-23,25-26,28-29,31-32,34-35,37-38,40-41,43-44,50,52,58,60,66-70,72-83,85-88,90-96H,3-4,6,8-10,12,14-16,21,24,27,30,33,36,39,42,45-49,51,53-57,59,61-65H2,1-2H3,(H,84,89)/b7-5-,13-11-,19-17-,20-18+,23-22-,26-25-,29-28-,32-31-,35-34-,38-37-,41-40-,44-43-,52-50+,60-58+. The first-order chi connectivity index (χ1) is 49.8. The number of aliphatic hydroxyl groups excluding tert-OH is 11. The van der Waals surface area contributed by atoms with Crippen LogP contribution in [0.3, 0.4) is 0 Å². The summed E-state index contributed by atoms with van der Waals surface area (Å²) in [5, 5.41) is 121. The summed E-state index contributed by atoms with van der Waals surface area (Å²) < 4.78 is 34.3. The van der Waals surface area contributed by atoms with Crippen LogP contribution in [0.15, 0.2) is 170 Å². The molecule has 0 spiro atoms. The summed E-state index contributed by atoms with van der Waals surface area (Å²) in [5.74, 6) is -0.309. The number of ether oxygens (including phenoxy) is 6. The number of amides is 1. The van der Waals surface area contributed by atoms with Gasteiger partial charge in [0.25, 0.3) is 0 Å². The summed E-state index contributed by atoms with van der Waals surface area (Å²) in [6, 6.07) is -1.02. The van der Waals surface area contributed by atoms with Gasteiger partial charge in [-0.2, -0.15) is 0 Å². The Labute approximate surface area is 611 Å². The lowest BCUT2D eigenvalue weighted by Crippen LogP contribution is -2.66. The Morgan fingerprint density at radius 1 is 0.363 bits per heavy atom. The average molecular weight is 1430 g/mol. The van der Waals surface area contributed by atoms with Gasteiger partial charge >= 0.3 is 0 Å². The van der Waals surface area contributed by atoms with Crippen molar-refractivity contribution in [3.8, 4) is 0 Å². The highest BCUT2D eigenvalue weighted by Gasteiger charge is 2.53. The summed E-state index contributed by atoms with van der Waals surface area (Å²) in [4.78, 5) is 13.4. The fraction of sp³-hybridized carbons (Fsp3) is 0.651. The zero-order valence-corrected chi connectivity index (χ0v) is 61.5. The quantitative estimate of drug-likeness (QED) is 0.0199. The number of carbonyl (C=O) groups is 1. The summed E-state index contributed by atoms with van der Waals surface area (Å²) in [5.41, 5.74) is 0. The van der Waals surface area contributed by atoms with Gasteiger partial charge < -0.3 is 89.9 Å². The van der Waals surface area contributed by atoms with E-state index in [4.69, 9.17) is 28.4 Å². The number of unbranched alkanes of at least 4 members (excludes halogenated alkanes) is 15. The molecule has 19 heteroatoms. The van der Waals surface area contributed by atoms with E-state index in [1.165, 1.54) is 38.5 Å². The van der Waals surface area contributed by atoms with Gasteiger partial charge in [-0.15, -0.1) is 0 Å². The number of allylic oxidation sites excluding steroid dienone is 27. The molecule has 0 aromatic rings. The number of hydrogen-bond acceptors (Lipinski definition) is 18. The van der Waals surface area contributed by atoms with Crippen LogP contribution in [-0.4, -0.2) is 193 Å². The molecule has 3 heterocycles. The van der Waals surface area contributed by atoms with Gasteiger partial charge in [-0.25, -0.2) is 0 Å². The molecule has 0 radical (unpaired) electrons. The summed E-state index contributed by atoms with van der Waals surface area (Å²) in [7, 11) is 0. The predicted molar refractivity (Wildman–Crippen MR) is 405 cm³/mol. The first-order valence-electron chi connectivity index (χ1n) is 38.4.